The van der Waals surface area contributed by atoms with E-state index in [0.29, 0.717) is 13.1 Å². The van der Waals surface area contributed by atoms with Crippen LogP contribution in [0, 0.1) is 6.92 Å². The normalized spacial score (nSPS) is 12.4. The van der Waals surface area contributed by atoms with Gasteiger partial charge in [0.05, 0.1) is 6.10 Å². The van der Waals surface area contributed by atoms with Crippen molar-refractivity contribution >= 4 is 5.69 Å². The second-order valence-electron chi connectivity index (χ2n) is 3.58. The van der Waals surface area contributed by atoms with E-state index < -0.39 is 6.10 Å². The molecule has 0 saturated carbocycles. The maximum Gasteiger partial charge on any atom is 0.0915 e. The van der Waals surface area contributed by atoms with Crippen molar-refractivity contribution in [1.82, 2.24) is 5.32 Å². The monoisotopic (exact) mass is 206 g/mol. The number of hydrogen-bond acceptors (Lipinski definition) is 3. The molecule has 1 atom stereocenters. The number of nitrogens with two attached hydrogens (primary N) is 1. The van der Waals surface area contributed by atoms with Crippen LogP contribution in [-0.2, 0) is 0 Å². The highest BCUT2D eigenvalue weighted by molar-refractivity contribution is 5.48. The summed E-state index contributed by atoms with van der Waals surface area (Å²) in [5.41, 5.74) is 8.36. The fourth-order valence-corrected chi connectivity index (χ4v) is 1.31. The van der Waals surface area contributed by atoms with E-state index in [0.717, 1.165) is 16.8 Å². The van der Waals surface area contributed by atoms with Gasteiger partial charge in [0.1, 0.15) is 0 Å². The fraction of sp³-hybridized carbons (Fsp3) is 0.333. The number of rotatable bonds is 5. The number of aryl methyl sites for hydroxylation is 1. The summed E-state index contributed by atoms with van der Waals surface area (Å²) in [4.78, 5) is 0. The zero-order valence-corrected chi connectivity index (χ0v) is 9.03. The molecule has 1 unspecified atom stereocenters. The first-order valence-electron chi connectivity index (χ1n) is 5.01. The second-order valence-corrected chi connectivity index (χ2v) is 3.58. The van der Waals surface area contributed by atoms with Crippen LogP contribution in [-0.4, -0.2) is 18.2 Å². The molecule has 4 N–H and O–H groups in total. The van der Waals surface area contributed by atoms with E-state index in [1.165, 1.54) is 0 Å². The molecule has 1 aromatic carbocycles. The molecule has 0 saturated heterocycles. The number of benzene rings is 1. The SMILES string of the molecule is C=CCNCC(O)c1ccc(C)c(N)c1. The number of anilines is 1. The highest BCUT2D eigenvalue weighted by Crippen LogP contribution is 2.18. The van der Waals surface area contributed by atoms with Gasteiger partial charge in [-0.1, -0.05) is 18.2 Å². The Balaban J connectivity index is 2.61. The molecule has 1 rings (SSSR count). The molecule has 3 nitrogen and oxygen atoms in total. The lowest BCUT2D eigenvalue weighted by Crippen LogP contribution is -2.21. The van der Waals surface area contributed by atoms with E-state index in [-0.39, 0.29) is 0 Å². The fourth-order valence-electron chi connectivity index (χ4n) is 1.31. The van der Waals surface area contributed by atoms with Gasteiger partial charge in [-0.25, -0.2) is 0 Å². The van der Waals surface area contributed by atoms with Crippen molar-refractivity contribution in [3.05, 3.63) is 42.0 Å². The van der Waals surface area contributed by atoms with Crippen LogP contribution in [0.4, 0.5) is 5.69 Å². The van der Waals surface area contributed by atoms with Crippen molar-refractivity contribution in [1.29, 1.82) is 0 Å². The smallest absolute Gasteiger partial charge is 0.0915 e. The zero-order chi connectivity index (χ0) is 11.3. The van der Waals surface area contributed by atoms with Crippen molar-refractivity contribution < 1.29 is 5.11 Å². The lowest BCUT2D eigenvalue weighted by Gasteiger charge is -2.12. The Morgan fingerprint density at radius 2 is 2.33 bits per heavy atom. The first-order valence-corrected chi connectivity index (χ1v) is 5.01. The second kappa shape index (κ2) is 5.53. The highest BCUT2D eigenvalue weighted by atomic mass is 16.3. The summed E-state index contributed by atoms with van der Waals surface area (Å²) in [6.45, 7) is 6.74. The summed E-state index contributed by atoms with van der Waals surface area (Å²) < 4.78 is 0. The standard InChI is InChI=1S/C12H18N2O/c1-3-6-14-8-12(15)10-5-4-9(2)11(13)7-10/h3-5,7,12,14-15H,1,6,8,13H2,2H3. The summed E-state index contributed by atoms with van der Waals surface area (Å²) in [7, 11) is 0. The molecular weight excluding hydrogens is 188 g/mol. The van der Waals surface area contributed by atoms with Crippen molar-refractivity contribution in [2.75, 3.05) is 18.8 Å². The molecule has 0 aliphatic carbocycles. The molecule has 82 valence electrons. The van der Waals surface area contributed by atoms with Crippen molar-refractivity contribution in [3.63, 3.8) is 0 Å². The minimum atomic E-state index is -0.521. The van der Waals surface area contributed by atoms with Crippen LogP contribution in [0.15, 0.2) is 30.9 Å². The van der Waals surface area contributed by atoms with Crippen molar-refractivity contribution in [2.45, 2.75) is 13.0 Å². The molecule has 0 fully saturated rings. The minimum Gasteiger partial charge on any atom is -0.399 e. The highest BCUT2D eigenvalue weighted by Gasteiger charge is 2.07. The largest absolute Gasteiger partial charge is 0.399 e. The summed E-state index contributed by atoms with van der Waals surface area (Å²) >= 11 is 0. The van der Waals surface area contributed by atoms with Crippen LogP contribution in [0.2, 0.25) is 0 Å². The van der Waals surface area contributed by atoms with E-state index in [9.17, 15) is 5.11 Å². The Bertz CT molecular complexity index is 336. The van der Waals surface area contributed by atoms with Gasteiger partial charge < -0.3 is 16.2 Å². The molecular formula is C12H18N2O. The first kappa shape index (κ1) is 11.8. The van der Waals surface area contributed by atoms with Gasteiger partial charge in [-0.3, -0.25) is 0 Å². The number of nitrogen functional groups attached to an aromatic ring is 1. The Labute approximate surface area is 90.6 Å². The van der Waals surface area contributed by atoms with Gasteiger partial charge in [0.15, 0.2) is 0 Å². The van der Waals surface area contributed by atoms with Gasteiger partial charge in [-0.2, -0.15) is 0 Å². The third-order valence-corrected chi connectivity index (χ3v) is 2.31. The van der Waals surface area contributed by atoms with Gasteiger partial charge in [0.25, 0.3) is 0 Å². The Morgan fingerprint density at radius 3 is 2.93 bits per heavy atom. The van der Waals surface area contributed by atoms with Crippen LogP contribution in [0.1, 0.15) is 17.2 Å². The van der Waals surface area contributed by atoms with Crippen LogP contribution < -0.4 is 11.1 Å². The molecule has 0 bridgehead atoms. The maximum absolute atomic E-state index is 9.81. The summed E-state index contributed by atoms with van der Waals surface area (Å²) in [6, 6.07) is 5.63. The Hall–Kier alpha value is -1.32. The molecule has 0 radical (unpaired) electrons. The molecule has 3 heteroatoms. The molecule has 0 aromatic heterocycles. The number of nitrogens with one attached hydrogen (secondary N) is 1. The lowest BCUT2D eigenvalue weighted by molar-refractivity contribution is 0.176. The molecule has 0 amide bonds. The van der Waals surface area contributed by atoms with E-state index in [1.807, 2.05) is 25.1 Å². The summed E-state index contributed by atoms with van der Waals surface area (Å²) in [6.07, 6.45) is 1.24. The van der Waals surface area contributed by atoms with Crippen molar-refractivity contribution in [3.8, 4) is 0 Å². The van der Waals surface area contributed by atoms with E-state index in [1.54, 1.807) is 6.08 Å². The first-order chi connectivity index (χ1) is 7.15. The third kappa shape index (κ3) is 3.38. The molecule has 1 aromatic rings. The van der Waals surface area contributed by atoms with Gasteiger partial charge in [-0.15, -0.1) is 6.58 Å². The van der Waals surface area contributed by atoms with Crippen LogP contribution in [0.25, 0.3) is 0 Å². The van der Waals surface area contributed by atoms with Crippen LogP contribution >= 0.6 is 0 Å². The Kier molecular flexibility index (Phi) is 4.34. The van der Waals surface area contributed by atoms with Gasteiger partial charge in [0, 0.05) is 18.8 Å². The number of aliphatic hydroxyl groups excluding tert-OH is 1. The summed E-state index contributed by atoms with van der Waals surface area (Å²) in [5.74, 6) is 0. The average molecular weight is 206 g/mol. The molecule has 0 aliphatic heterocycles. The molecule has 0 aliphatic rings. The average Bonchev–Trinajstić information content (AvgIpc) is 2.22. The predicted molar refractivity (Wildman–Crippen MR) is 63.6 cm³/mol. The number of hydrogen-bond donors (Lipinski definition) is 3. The predicted octanol–water partition coefficient (Wildman–Crippen LogP) is 1.39. The van der Waals surface area contributed by atoms with Crippen LogP contribution in [0.3, 0.4) is 0 Å². The number of aliphatic hydroxyl groups is 1. The lowest BCUT2D eigenvalue weighted by atomic mass is 10.1. The Morgan fingerprint density at radius 1 is 1.60 bits per heavy atom. The van der Waals surface area contributed by atoms with Gasteiger partial charge in [0.2, 0.25) is 0 Å². The topological polar surface area (TPSA) is 58.3 Å². The van der Waals surface area contributed by atoms with Gasteiger partial charge >= 0.3 is 0 Å². The van der Waals surface area contributed by atoms with E-state index in [4.69, 9.17) is 5.73 Å². The molecule has 0 spiro atoms. The molecule has 15 heavy (non-hydrogen) atoms. The van der Waals surface area contributed by atoms with E-state index >= 15 is 0 Å². The molecule has 0 heterocycles. The zero-order valence-electron chi connectivity index (χ0n) is 9.03. The quantitative estimate of drug-likeness (QED) is 0.387. The minimum absolute atomic E-state index is 0.508. The van der Waals surface area contributed by atoms with Crippen LogP contribution in [0.5, 0.6) is 0 Å². The third-order valence-electron chi connectivity index (χ3n) is 2.31. The van der Waals surface area contributed by atoms with Crippen molar-refractivity contribution in [2.24, 2.45) is 0 Å². The summed E-state index contributed by atoms with van der Waals surface area (Å²) in [5, 5.41) is 12.9. The van der Waals surface area contributed by atoms with E-state index in [2.05, 4.69) is 11.9 Å². The van der Waals surface area contributed by atoms with Gasteiger partial charge in [-0.05, 0) is 24.1 Å². The maximum atomic E-state index is 9.81.